The van der Waals surface area contributed by atoms with Gasteiger partial charge in [-0.25, -0.2) is 0 Å². The minimum absolute atomic E-state index is 0. The van der Waals surface area contributed by atoms with Crippen molar-refractivity contribution in [2.45, 2.75) is 38.1 Å². The molecule has 3 nitrogen and oxygen atoms in total. The summed E-state index contributed by atoms with van der Waals surface area (Å²) in [5.41, 5.74) is 6.87. The smallest absolute Gasteiger partial charge is 0.255 e. The minimum atomic E-state index is 0. The Morgan fingerprint density at radius 1 is 1.25 bits per heavy atom. The highest BCUT2D eigenvalue weighted by molar-refractivity contribution is 6.34. The van der Waals surface area contributed by atoms with Gasteiger partial charge in [0.2, 0.25) is 0 Å². The summed E-state index contributed by atoms with van der Waals surface area (Å²) in [5.74, 6) is 0.770. The monoisotopic (exact) mass is 314 g/mol. The number of benzene rings is 1. The highest BCUT2D eigenvalue weighted by atomic mass is 35.5. The summed E-state index contributed by atoms with van der Waals surface area (Å²) < 4.78 is 0. The van der Waals surface area contributed by atoms with Gasteiger partial charge in [0.05, 0.1) is 10.6 Å². The average Bonchev–Trinajstić information content (AvgIpc) is 2.86. The summed E-state index contributed by atoms with van der Waals surface area (Å²) in [5, 5.41) is 0.463. The molecule has 2 aliphatic rings. The number of carbonyl (C=O) groups excluding carboxylic acids is 1. The lowest BCUT2D eigenvalue weighted by molar-refractivity contribution is 0.0548. The number of amides is 1. The molecule has 2 atom stereocenters. The molecule has 2 N–H and O–H groups in total. The van der Waals surface area contributed by atoms with Crippen molar-refractivity contribution in [1.29, 1.82) is 0 Å². The van der Waals surface area contributed by atoms with Gasteiger partial charge < -0.3 is 10.6 Å². The summed E-state index contributed by atoms with van der Waals surface area (Å²) in [7, 11) is 0. The van der Waals surface area contributed by atoms with Crippen LogP contribution in [0, 0.1) is 5.92 Å². The molecule has 1 saturated carbocycles. The summed E-state index contributed by atoms with van der Waals surface area (Å²) in [4.78, 5) is 14.7. The zero-order valence-electron chi connectivity index (χ0n) is 11.3. The van der Waals surface area contributed by atoms with Gasteiger partial charge in [0.25, 0.3) is 5.91 Å². The number of halogens is 2. The van der Waals surface area contributed by atoms with E-state index in [1.165, 1.54) is 19.3 Å². The lowest BCUT2D eigenvalue weighted by Crippen LogP contribution is -2.46. The van der Waals surface area contributed by atoms with Crippen molar-refractivity contribution >= 4 is 35.6 Å². The van der Waals surface area contributed by atoms with E-state index in [-0.39, 0.29) is 18.3 Å². The van der Waals surface area contributed by atoms with Crippen LogP contribution in [0.15, 0.2) is 18.2 Å². The summed E-state index contributed by atoms with van der Waals surface area (Å²) >= 11 is 6.16. The number of nitrogens with two attached hydrogens (primary N) is 1. The maximum atomic E-state index is 12.7. The first-order chi connectivity index (χ1) is 9.16. The van der Waals surface area contributed by atoms with Gasteiger partial charge in [-0.05, 0) is 49.8 Å². The first kappa shape index (κ1) is 15.5. The molecule has 20 heavy (non-hydrogen) atoms. The van der Waals surface area contributed by atoms with Crippen LogP contribution in [0.5, 0.6) is 0 Å². The van der Waals surface area contributed by atoms with Crippen LogP contribution >= 0.6 is 24.0 Å². The van der Waals surface area contributed by atoms with Crippen LogP contribution in [0.2, 0.25) is 5.02 Å². The van der Waals surface area contributed by atoms with E-state index in [2.05, 4.69) is 0 Å². The predicted octanol–water partition coefficient (Wildman–Crippen LogP) is 3.75. The van der Waals surface area contributed by atoms with E-state index in [0.29, 0.717) is 28.2 Å². The third-order valence-corrected chi connectivity index (χ3v) is 4.79. The molecule has 1 heterocycles. The average molecular weight is 315 g/mol. The number of nitrogens with zero attached hydrogens (tertiary/aromatic N) is 1. The van der Waals surface area contributed by atoms with Gasteiger partial charge in [-0.1, -0.05) is 18.0 Å². The fraction of sp³-hybridized carbons (Fsp3) is 0.533. The number of rotatable bonds is 1. The standard InChI is InChI=1S/C15H19ClN2O.ClH/c16-13-9-11(17)6-7-12(13)15(19)18-8-2-4-10-3-1-5-14(10)18;/h6-7,9-10,14H,1-5,8,17H2;1H. The molecule has 1 aromatic carbocycles. The maximum absolute atomic E-state index is 12.7. The van der Waals surface area contributed by atoms with E-state index in [4.69, 9.17) is 17.3 Å². The van der Waals surface area contributed by atoms with Crippen LogP contribution < -0.4 is 5.73 Å². The third-order valence-electron chi connectivity index (χ3n) is 4.48. The number of piperidine rings is 1. The molecule has 5 heteroatoms. The van der Waals surface area contributed by atoms with Gasteiger partial charge in [-0.2, -0.15) is 0 Å². The van der Waals surface area contributed by atoms with E-state index in [1.54, 1.807) is 18.2 Å². The third kappa shape index (κ3) is 2.75. The molecule has 1 aliphatic carbocycles. The second kappa shape index (κ2) is 6.23. The van der Waals surface area contributed by atoms with E-state index in [1.807, 2.05) is 4.90 Å². The molecule has 1 aliphatic heterocycles. The highest BCUT2D eigenvalue weighted by Crippen LogP contribution is 2.37. The van der Waals surface area contributed by atoms with Crippen molar-refractivity contribution in [2.75, 3.05) is 12.3 Å². The molecule has 1 amide bonds. The van der Waals surface area contributed by atoms with Crippen LogP contribution in [0.3, 0.4) is 0 Å². The van der Waals surface area contributed by atoms with Gasteiger partial charge in [-0.3, -0.25) is 4.79 Å². The molecule has 2 unspecified atom stereocenters. The normalized spacial score (nSPS) is 24.9. The molecular weight excluding hydrogens is 295 g/mol. The lowest BCUT2D eigenvalue weighted by Gasteiger charge is -2.38. The van der Waals surface area contributed by atoms with Gasteiger partial charge >= 0.3 is 0 Å². The number of likely N-dealkylation sites (tertiary alicyclic amines) is 1. The van der Waals surface area contributed by atoms with E-state index in [0.717, 1.165) is 19.4 Å². The Labute approximate surface area is 130 Å². The van der Waals surface area contributed by atoms with Crippen LogP contribution in [-0.2, 0) is 0 Å². The molecule has 110 valence electrons. The number of nitrogen functional groups attached to an aromatic ring is 1. The summed E-state index contributed by atoms with van der Waals surface area (Å²) in [6.07, 6.45) is 6.03. The van der Waals surface area contributed by atoms with E-state index >= 15 is 0 Å². The Morgan fingerprint density at radius 3 is 2.75 bits per heavy atom. The minimum Gasteiger partial charge on any atom is -0.399 e. The fourth-order valence-electron chi connectivity index (χ4n) is 3.57. The van der Waals surface area contributed by atoms with Crippen LogP contribution in [-0.4, -0.2) is 23.4 Å². The Bertz CT molecular complexity index is 507. The second-order valence-corrected chi connectivity index (χ2v) is 6.05. The van der Waals surface area contributed by atoms with E-state index in [9.17, 15) is 4.79 Å². The Kier molecular flexibility index (Phi) is 4.82. The molecule has 1 saturated heterocycles. The topological polar surface area (TPSA) is 46.3 Å². The fourth-order valence-corrected chi connectivity index (χ4v) is 3.84. The van der Waals surface area contributed by atoms with Crippen LogP contribution in [0.1, 0.15) is 42.5 Å². The van der Waals surface area contributed by atoms with Gasteiger partial charge in [0.1, 0.15) is 0 Å². The molecule has 1 aromatic rings. The quantitative estimate of drug-likeness (QED) is 0.802. The van der Waals surface area contributed by atoms with Crippen molar-refractivity contribution in [2.24, 2.45) is 5.92 Å². The molecular formula is C15H20Cl2N2O. The first-order valence-corrected chi connectivity index (χ1v) is 7.40. The lowest BCUT2D eigenvalue weighted by atomic mass is 9.91. The second-order valence-electron chi connectivity index (χ2n) is 5.64. The van der Waals surface area contributed by atoms with E-state index < -0.39 is 0 Å². The zero-order valence-corrected chi connectivity index (χ0v) is 12.9. The molecule has 3 rings (SSSR count). The molecule has 0 bridgehead atoms. The number of hydrogen-bond donors (Lipinski definition) is 1. The number of anilines is 1. The molecule has 0 aromatic heterocycles. The molecule has 0 radical (unpaired) electrons. The SMILES string of the molecule is Cl.Nc1ccc(C(=O)N2CCCC3CCCC32)c(Cl)c1. The number of carbonyl (C=O) groups is 1. The first-order valence-electron chi connectivity index (χ1n) is 7.03. The molecule has 0 spiro atoms. The summed E-state index contributed by atoms with van der Waals surface area (Å²) in [6, 6.07) is 5.58. The van der Waals surface area contributed by atoms with Crippen molar-refractivity contribution in [1.82, 2.24) is 4.90 Å². The largest absolute Gasteiger partial charge is 0.399 e. The van der Waals surface area contributed by atoms with Crippen molar-refractivity contribution < 1.29 is 4.79 Å². The summed E-state index contributed by atoms with van der Waals surface area (Å²) in [6.45, 7) is 0.862. The van der Waals surface area contributed by atoms with Gasteiger partial charge in [0.15, 0.2) is 0 Å². The Morgan fingerprint density at radius 2 is 2.00 bits per heavy atom. The molecule has 2 fully saturated rings. The van der Waals surface area contributed by atoms with Crippen LogP contribution in [0.25, 0.3) is 0 Å². The maximum Gasteiger partial charge on any atom is 0.255 e. The van der Waals surface area contributed by atoms with Crippen molar-refractivity contribution in [3.63, 3.8) is 0 Å². The Balaban J connectivity index is 0.00000147. The van der Waals surface area contributed by atoms with Crippen LogP contribution in [0.4, 0.5) is 5.69 Å². The highest BCUT2D eigenvalue weighted by Gasteiger charge is 2.37. The number of fused-ring (bicyclic) bond motifs is 1. The number of hydrogen-bond acceptors (Lipinski definition) is 2. The van der Waals surface area contributed by atoms with Crippen molar-refractivity contribution in [3.05, 3.63) is 28.8 Å². The van der Waals surface area contributed by atoms with Crippen molar-refractivity contribution in [3.8, 4) is 0 Å². The van der Waals surface area contributed by atoms with Gasteiger partial charge in [0, 0.05) is 18.3 Å². The van der Waals surface area contributed by atoms with Gasteiger partial charge in [-0.15, -0.1) is 12.4 Å². The zero-order chi connectivity index (χ0) is 13.4. The predicted molar refractivity (Wildman–Crippen MR) is 84.5 cm³/mol. The Hall–Kier alpha value is -0.930.